The van der Waals surface area contributed by atoms with Crippen LogP contribution in [0.25, 0.3) is 0 Å². The Kier molecular flexibility index (Phi) is 3.18. The Morgan fingerprint density at radius 2 is 2.00 bits per heavy atom. The van der Waals surface area contributed by atoms with Crippen LogP contribution in [0.1, 0.15) is 37.0 Å². The maximum absolute atomic E-state index is 2.37. The molecule has 0 saturated heterocycles. The fourth-order valence-electron chi connectivity index (χ4n) is 2.28. The van der Waals surface area contributed by atoms with Gasteiger partial charge < -0.3 is 2.85 Å². The molecule has 0 spiro atoms. The first-order chi connectivity index (χ1) is 7.11. The van der Waals surface area contributed by atoms with E-state index in [1.165, 1.54) is 6.42 Å². The summed E-state index contributed by atoms with van der Waals surface area (Å²) < 4.78 is 3.46. The van der Waals surface area contributed by atoms with E-state index in [2.05, 4.69) is 45.9 Å². The van der Waals surface area contributed by atoms with Gasteiger partial charge in [-0.15, -0.1) is 0 Å². The van der Waals surface area contributed by atoms with Gasteiger partial charge in [0.05, 0.1) is 0 Å². The molecule has 0 bridgehead atoms. The molecule has 0 radical (unpaired) electrons. The van der Waals surface area contributed by atoms with Gasteiger partial charge in [-0.1, -0.05) is 0 Å². The van der Waals surface area contributed by atoms with Crippen molar-refractivity contribution < 1.29 is 22.0 Å². The van der Waals surface area contributed by atoms with E-state index in [9.17, 15) is 0 Å². The largest absolute Gasteiger partial charge is 1.00 e. The minimum Gasteiger partial charge on any atom is -1.00 e. The summed E-state index contributed by atoms with van der Waals surface area (Å²) in [7, 11) is 0. The molecule has 82 valence electrons. The van der Waals surface area contributed by atoms with Crippen LogP contribution in [-0.2, 0) is 19.2 Å². The predicted octanol–water partition coefficient (Wildman–Crippen LogP) is 4.40. The molecule has 0 fully saturated rings. The van der Waals surface area contributed by atoms with Crippen molar-refractivity contribution in [2.24, 2.45) is 5.92 Å². The molecular weight excluding hydrogens is 216 g/mol. The van der Waals surface area contributed by atoms with E-state index < -0.39 is 0 Å². The van der Waals surface area contributed by atoms with Gasteiger partial charge >= 0.3 is 102 Å². The zero-order valence-electron chi connectivity index (χ0n) is 12.0. The quantitative estimate of drug-likeness (QED) is 0.623. The molecule has 0 aliphatic heterocycles. The topological polar surface area (TPSA) is 0 Å². The molecule has 1 heteroatoms. The van der Waals surface area contributed by atoms with Crippen LogP contribution in [-0.4, -0.2) is 0 Å². The van der Waals surface area contributed by atoms with E-state index in [0.717, 1.165) is 0 Å². The van der Waals surface area contributed by atoms with Crippen molar-refractivity contribution in [3.8, 4) is 0 Å². The van der Waals surface area contributed by atoms with Crippen molar-refractivity contribution in [1.29, 1.82) is 0 Å². The van der Waals surface area contributed by atoms with Crippen molar-refractivity contribution in [3.63, 3.8) is 0 Å². The van der Waals surface area contributed by atoms with Gasteiger partial charge in [0.2, 0.25) is 0 Å². The van der Waals surface area contributed by atoms with Crippen LogP contribution in [0.15, 0.2) is 42.7 Å². The molecule has 0 aromatic carbocycles. The number of allylic oxidation sites excluding steroid dienone is 8. The van der Waals surface area contributed by atoms with Gasteiger partial charge in [0.1, 0.15) is 0 Å². The van der Waals surface area contributed by atoms with Crippen molar-refractivity contribution in [1.82, 2.24) is 0 Å². The van der Waals surface area contributed by atoms with Gasteiger partial charge in [-0.25, -0.2) is 0 Å². The van der Waals surface area contributed by atoms with Gasteiger partial charge in [-0.2, -0.15) is 0 Å². The molecule has 1 atom stereocenters. The molecule has 2 aliphatic carbocycles. The third-order valence-corrected chi connectivity index (χ3v) is 6.47. The molecule has 2 rings (SSSR count). The van der Waals surface area contributed by atoms with E-state index in [4.69, 9.17) is 0 Å². The van der Waals surface area contributed by atoms with Crippen molar-refractivity contribution in [2.75, 3.05) is 0 Å². The standard InChI is InChI=1S/C9H13.C5H5.Ti.2H/c1-6-5-7(2)9(4)8(6)3;1-2-4-5-3-1;;;/h6H,1-4H3;1-3H,4H2;;;/q;;;2*-1. The monoisotopic (exact) mass is 236 g/mol. The summed E-state index contributed by atoms with van der Waals surface area (Å²) in [6.07, 6.45) is 8.03. The minimum atomic E-state index is -0.0244. The fraction of sp³-hybridized carbons (Fsp3) is 0.429. The summed E-state index contributed by atoms with van der Waals surface area (Å²) in [5.74, 6) is 0.714. The number of hydrogen-bond acceptors (Lipinski definition) is 0. The van der Waals surface area contributed by atoms with Gasteiger partial charge in [0.15, 0.2) is 0 Å². The molecule has 0 amide bonds. The summed E-state index contributed by atoms with van der Waals surface area (Å²) in [6, 6.07) is 0. The van der Waals surface area contributed by atoms with Crippen LogP contribution in [0.5, 0.6) is 0 Å². The van der Waals surface area contributed by atoms with Crippen LogP contribution in [0, 0.1) is 5.92 Å². The smallest absolute Gasteiger partial charge is 1.00 e. The summed E-state index contributed by atoms with van der Waals surface area (Å²) in [6.45, 7) is 9.26. The van der Waals surface area contributed by atoms with Crippen molar-refractivity contribution >= 4 is 0 Å². The van der Waals surface area contributed by atoms with Crippen LogP contribution in [0.4, 0.5) is 0 Å². The minimum absolute atomic E-state index is 0. The third-order valence-electron chi connectivity index (χ3n) is 3.71. The van der Waals surface area contributed by atoms with E-state index in [0.29, 0.717) is 5.92 Å². The Morgan fingerprint density at radius 1 is 1.27 bits per heavy atom. The molecule has 0 nitrogen and oxygen atoms in total. The van der Waals surface area contributed by atoms with Gasteiger partial charge in [0, 0.05) is 0 Å². The molecule has 0 saturated carbocycles. The molecule has 0 N–H and O–H groups in total. The second kappa shape index (κ2) is 4.27. The van der Waals surface area contributed by atoms with E-state index >= 15 is 0 Å². The summed E-state index contributed by atoms with van der Waals surface area (Å²) in [5, 5.41) is 0. The summed E-state index contributed by atoms with van der Waals surface area (Å²) in [4.78, 5) is 0. The SMILES string of the molecule is CC1=C(C)C(C)[C]([Ti][C]2=CC=CC2)=C1C.[H-].[H-]. The Labute approximate surface area is 105 Å². The average Bonchev–Trinajstić information content (AvgIpc) is 2.79. The van der Waals surface area contributed by atoms with Crippen LogP contribution < -0.4 is 0 Å². The molecule has 1 unspecified atom stereocenters. The maximum atomic E-state index is 2.37. The van der Waals surface area contributed by atoms with E-state index in [1.807, 2.05) is 0 Å². The second-order valence-corrected chi connectivity index (χ2v) is 6.75. The zero-order chi connectivity index (χ0) is 11.0. The Balaban J connectivity index is 0.00000128. The first kappa shape index (κ1) is 11.2. The average molecular weight is 236 g/mol. The van der Waals surface area contributed by atoms with Crippen LogP contribution in [0.3, 0.4) is 0 Å². The molecule has 15 heavy (non-hydrogen) atoms. The second-order valence-electron chi connectivity index (χ2n) is 4.52. The molecular formula is C14H20Ti-2. The van der Waals surface area contributed by atoms with Gasteiger partial charge in [0.25, 0.3) is 0 Å². The van der Waals surface area contributed by atoms with Crippen LogP contribution >= 0.6 is 0 Å². The van der Waals surface area contributed by atoms with Crippen LogP contribution in [0.2, 0.25) is 0 Å². The maximum Gasteiger partial charge on any atom is -1.00 e. The normalized spacial score (nSPS) is 25.3. The zero-order valence-corrected chi connectivity index (χ0v) is 11.6. The molecule has 0 heterocycles. The number of rotatable bonds is 2. The predicted molar refractivity (Wildman–Crippen MR) is 64.3 cm³/mol. The summed E-state index contributed by atoms with van der Waals surface area (Å²) in [5.41, 5.74) is 4.73. The fourth-order valence-corrected chi connectivity index (χ4v) is 4.70. The van der Waals surface area contributed by atoms with Crippen molar-refractivity contribution in [3.05, 3.63) is 42.7 Å². The molecule has 0 aromatic rings. The number of hydrogen-bond donors (Lipinski definition) is 0. The van der Waals surface area contributed by atoms with Gasteiger partial charge in [-0.3, -0.25) is 0 Å². The first-order valence-electron chi connectivity index (χ1n) is 5.62. The van der Waals surface area contributed by atoms with Gasteiger partial charge in [-0.05, 0) is 0 Å². The van der Waals surface area contributed by atoms with E-state index in [-0.39, 0.29) is 22.0 Å². The summed E-state index contributed by atoms with van der Waals surface area (Å²) >= 11 is -0.0244. The Bertz CT molecular complexity index is 414. The Morgan fingerprint density at radius 3 is 2.47 bits per heavy atom. The Hall–Kier alpha value is -0.326. The van der Waals surface area contributed by atoms with Crippen molar-refractivity contribution in [2.45, 2.75) is 34.1 Å². The van der Waals surface area contributed by atoms with E-state index in [1.54, 1.807) is 24.5 Å². The molecule has 0 aromatic heterocycles. The molecule has 2 aliphatic rings. The first-order valence-corrected chi connectivity index (χ1v) is 7.18. The third kappa shape index (κ3) is 1.98.